The van der Waals surface area contributed by atoms with Crippen molar-refractivity contribution in [1.29, 1.82) is 0 Å². The van der Waals surface area contributed by atoms with Crippen molar-refractivity contribution in [2.24, 2.45) is 5.92 Å². The Morgan fingerprint density at radius 2 is 1.77 bits per heavy atom. The SMILES string of the molecule is C[C@@H]1CCCC[C@@H]1NC(=O)C[NH+]1CC[NH+](C/C=C/c2ccccc2)CC1. The Balaban J connectivity index is 1.34. The third kappa shape index (κ3) is 5.96. The maximum atomic E-state index is 12.4. The van der Waals surface area contributed by atoms with Crippen molar-refractivity contribution in [1.82, 2.24) is 5.32 Å². The fraction of sp³-hybridized carbons (Fsp3) is 0.591. The Morgan fingerprint density at radius 1 is 1.08 bits per heavy atom. The standard InChI is InChI=1S/C22H33N3O/c1-19-8-5-6-12-21(19)23-22(26)18-25-16-14-24(15-17-25)13-7-11-20-9-3-2-4-10-20/h2-4,7,9-11,19,21H,5-6,8,12-18H2,1H3,(H,23,26)/p+2/b11-7+/t19-,21+/m1/s1. The first-order valence-electron chi connectivity index (χ1n) is 10.4. The molecule has 4 heteroatoms. The zero-order chi connectivity index (χ0) is 18.2. The highest BCUT2D eigenvalue weighted by Gasteiger charge is 2.27. The summed E-state index contributed by atoms with van der Waals surface area (Å²) in [5.74, 6) is 0.895. The molecule has 1 aromatic rings. The number of carbonyl (C=O) groups is 1. The highest BCUT2D eigenvalue weighted by molar-refractivity contribution is 5.77. The average Bonchev–Trinajstić information content (AvgIpc) is 2.66. The predicted octanol–water partition coefficient (Wildman–Crippen LogP) is 0.178. The molecular formula is C22H35N3O+2. The number of amides is 1. The maximum absolute atomic E-state index is 12.4. The molecule has 0 aromatic heterocycles. The van der Waals surface area contributed by atoms with Crippen LogP contribution < -0.4 is 15.1 Å². The fourth-order valence-corrected chi connectivity index (χ4v) is 4.28. The van der Waals surface area contributed by atoms with E-state index in [2.05, 4.69) is 54.7 Å². The van der Waals surface area contributed by atoms with Crippen LogP contribution >= 0.6 is 0 Å². The molecule has 3 rings (SSSR count). The minimum absolute atomic E-state index is 0.256. The average molecular weight is 358 g/mol. The summed E-state index contributed by atoms with van der Waals surface area (Å²) in [4.78, 5) is 15.5. The van der Waals surface area contributed by atoms with Crippen LogP contribution in [-0.2, 0) is 4.79 Å². The second-order valence-electron chi connectivity index (χ2n) is 8.13. The van der Waals surface area contributed by atoms with Gasteiger partial charge < -0.3 is 15.1 Å². The lowest BCUT2D eigenvalue weighted by molar-refractivity contribution is -1.01. The Morgan fingerprint density at radius 3 is 2.50 bits per heavy atom. The smallest absolute Gasteiger partial charge is 0.275 e. The van der Waals surface area contributed by atoms with Gasteiger partial charge in [0.2, 0.25) is 0 Å². The van der Waals surface area contributed by atoms with Crippen molar-refractivity contribution in [2.75, 3.05) is 39.3 Å². The number of carbonyl (C=O) groups excluding carboxylic acids is 1. The molecule has 1 saturated carbocycles. The maximum Gasteiger partial charge on any atom is 0.275 e. The van der Waals surface area contributed by atoms with Crippen molar-refractivity contribution in [3.05, 3.63) is 42.0 Å². The second kappa shape index (κ2) is 9.89. The lowest BCUT2D eigenvalue weighted by Gasteiger charge is -2.31. The van der Waals surface area contributed by atoms with Crippen molar-refractivity contribution in [3.8, 4) is 0 Å². The summed E-state index contributed by atoms with van der Waals surface area (Å²) in [7, 11) is 0. The number of piperazine rings is 1. The molecule has 1 saturated heterocycles. The number of hydrogen-bond acceptors (Lipinski definition) is 1. The van der Waals surface area contributed by atoms with Gasteiger partial charge in [0, 0.05) is 6.04 Å². The molecule has 0 spiro atoms. The summed E-state index contributed by atoms with van der Waals surface area (Å²) < 4.78 is 0. The fourth-order valence-electron chi connectivity index (χ4n) is 4.28. The van der Waals surface area contributed by atoms with Crippen LogP contribution in [0.25, 0.3) is 6.08 Å². The van der Waals surface area contributed by atoms with Crippen LogP contribution in [0.5, 0.6) is 0 Å². The summed E-state index contributed by atoms with van der Waals surface area (Å²) in [5.41, 5.74) is 1.27. The van der Waals surface area contributed by atoms with Crippen LogP contribution in [0.3, 0.4) is 0 Å². The highest BCUT2D eigenvalue weighted by atomic mass is 16.2. The molecule has 2 fully saturated rings. The number of benzene rings is 1. The Labute approximate surface area is 158 Å². The van der Waals surface area contributed by atoms with Gasteiger partial charge >= 0.3 is 0 Å². The Kier molecular flexibility index (Phi) is 7.27. The van der Waals surface area contributed by atoms with Crippen molar-refractivity contribution in [2.45, 2.75) is 38.6 Å². The quantitative estimate of drug-likeness (QED) is 0.668. The van der Waals surface area contributed by atoms with E-state index in [1.54, 1.807) is 4.90 Å². The number of rotatable bonds is 6. The van der Waals surface area contributed by atoms with Gasteiger partial charge in [-0.1, -0.05) is 56.2 Å². The zero-order valence-electron chi connectivity index (χ0n) is 16.2. The predicted molar refractivity (Wildman–Crippen MR) is 106 cm³/mol. The number of nitrogens with one attached hydrogen (secondary N) is 3. The van der Waals surface area contributed by atoms with Crippen molar-refractivity contribution >= 4 is 12.0 Å². The summed E-state index contributed by atoms with van der Waals surface area (Å²) in [5, 5.41) is 3.30. The van der Waals surface area contributed by atoms with Gasteiger partial charge in [0.1, 0.15) is 26.2 Å². The van der Waals surface area contributed by atoms with E-state index in [9.17, 15) is 4.79 Å². The van der Waals surface area contributed by atoms with E-state index < -0.39 is 0 Å². The van der Waals surface area contributed by atoms with Gasteiger partial charge in [-0.2, -0.15) is 0 Å². The third-order valence-corrected chi connectivity index (χ3v) is 6.05. The summed E-state index contributed by atoms with van der Waals surface area (Å²) >= 11 is 0. The molecule has 26 heavy (non-hydrogen) atoms. The number of hydrogen-bond donors (Lipinski definition) is 3. The number of quaternary nitrogens is 2. The van der Waals surface area contributed by atoms with Crippen LogP contribution in [-0.4, -0.2) is 51.2 Å². The van der Waals surface area contributed by atoms with E-state index in [4.69, 9.17) is 0 Å². The Bertz CT molecular complexity index is 578. The van der Waals surface area contributed by atoms with Gasteiger partial charge in [0.15, 0.2) is 6.54 Å². The molecule has 0 bridgehead atoms. The van der Waals surface area contributed by atoms with E-state index in [1.807, 2.05) is 0 Å². The van der Waals surface area contributed by atoms with Crippen molar-refractivity contribution < 1.29 is 14.6 Å². The van der Waals surface area contributed by atoms with Gasteiger partial charge in [0.05, 0.1) is 6.54 Å². The lowest BCUT2D eigenvalue weighted by Crippen LogP contribution is -3.28. The zero-order valence-corrected chi connectivity index (χ0v) is 16.2. The molecule has 0 unspecified atom stereocenters. The van der Waals surface area contributed by atoms with E-state index in [0.29, 0.717) is 18.5 Å². The van der Waals surface area contributed by atoms with Gasteiger partial charge in [-0.15, -0.1) is 0 Å². The van der Waals surface area contributed by atoms with Crippen LogP contribution in [0.1, 0.15) is 38.2 Å². The van der Waals surface area contributed by atoms with Gasteiger partial charge in [0.25, 0.3) is 5.91 Å². The molecule has 1 aromatic carbocycles. The van der Waals surface area contributed by atoms with E-state index >= 15 is 0 Å². The summed E-state index contributed by atoms with van der Waals surface area (Å²) in [6.45, 7) is 8.51. The molecule has 1 amide bonds. The first-order chi connectivity index (χ1) is 12.7. The summed E-state index contributed by atoms with van der Waals surface area (Å²) in [6, 6.07) is 10.9. The molecule has 3 N–H and O–H groups in total. The van der Waals surface area contributed by atoms with Crippen LogP contribution in [0.2, 0.25) is 0 Å². The van der Waals surface area contributed by atoms with Gasteiger partial charge in [-0.25, -0.2) is 0 Å². The normalized spacial score (nSPS) is 29.6. The van der Waals surface area contributed by atoms with Crippen LogP contribution in [0.15, 0.2) is 36.4 Å². The topological polar surface area (TPSA) is 38.0 Å². The third-order valence-electron chi connectivity index (χ3n) is 6.05. The van der Waals surface area contributed by atoms with E-state index in [1.165, 1.54) is 29.7 Å². The Hall–Kier alpha value is -1.65. The van der Waals surface area contributed by atoms with Gasteiger partial charge in [-0.3, -0.25) is 4.79 Å². The van der Waals surface area contributed by atoms with Crippen LogP contribution in [0, 0.1) is 5.92 Å². The molecule has 2 aliphatic rings. The minimum atomic E-state index is 0.256. The molecule has 1 heterocycles. The molecule has 1 aliphatic carbocycles. The molecule has 4 nitrogen and oxygen atoms in total. The molecule has 1 aliphatic heterocycles. The summed E-state index contributed by atoms with van der Waals surface area (Å²) in [6.07, 6.45) is 9.50. The minimum Gasteiger partial charge on any atom is -0.348 e. The molecule has 2 atom stereocenters. The molecular weight excluding hydrogens is 322 g/mol. The first-order valence-corrected chi connectivity index (χ1v) is 10.4. The molecule has 0 radical (unpaired) electrons. The highest BCUT2D eigenvalue weighted by Crippen LogP contribution is 2.23. The van der Waals surface area contributed by atoms with E-state index in [0.717, 1.165) is 39.1 Å². The van der Waals surface area contributed by atoms with Crippen LogP contribution in [0.4, 0.5) is 0 Å². The van der Waals surface area contributed by atoms with Crippen molar-refractivity contribution in [3.63, 3.8) is 0 Å². The largest absolute Gasteiger partial charge is 0.348 e. The molecule has 142 valence electrons. The van der Waals surface area contributed by atoms with E-state index in [-0.39, 0.29) is 5.91 Å². The first kappa shape index (κ1) is 19.1. The lowest BCUT2D eigenvalue weighted by atomic mass is 9.86. The monoisotopic (exact) mass is 357 g/mol. The van der Waals surface area contributed by atoms with Gasteiger partial charge in [-0.05, 0) is 30.4 Å². The second-order valence-corrected chi connectivity index (χ2v) is 8.13.